The minimum Gasteiger partial charge on any atom is -0.494 e. The summed E-state index contributed by atoms with van der Waals surface area (Å²) in [7, 11) is 1.43. The summed E-state index contributed by atoms with van der Waals surface area (Å²) in [6.45, 7) is 2.07. The van der Waals surface area contributed by atoms with Gasteiger partial charge in [0.1, 0.15) is 0 Å². The molecule has 0 radical (unpaired) electrons. The summed E-state index contributed by atoms with van der Waals surface area (Å²) in [6.07, 6.45) is -1.58. The van der Waals surface area contributed by atoms with E-state index in [1.165, 1.54) is 25.3 Å². The molecule has 7 heteroatoms. The molecule has 3 rings (SSSR count). The molecule has 0 aromatic heterocycles. The summed E-state index contributed by atoms with van der Waals surface area (Å²) in [5, 5.41) is 8.82. The van der Waals surface area contributed by atoms with Crippen LogP contribution in [0.25, 0.3) is 0 Å². The molecule has 3 atom stereocenters. The smallest absolute Gasteiger partial charge is 0.416 e. The van der Waals surface area contributed by atoms with Gasteiger partial charge < -0.3 is 9.84 Å². The van der Waals surface area contributed by atoms with E-state index in [2.05, 4.69) is 6.92 Å². The van der Waals surface area contributed by atoms with Crippen molar-refractivity contribution in [3.8, 4) is 5.75 Å². The van der Waals surface area contributed by atoms with Gasteiger partial charge in [0.15, 0.2) is 11.6 Å². The van der Waals surface area contributed by atoms with Crippen molar-refractivity contribution in [2.45, 2.75) is 63.5 Å². The number of methoxy groups -OCH3 is 1. The van der Waals surface area contributed by atoms with Crippen LogP contribution in [-0.2, 0) is 17.4 Å². The second-order valence-electron chi connectivity index (χ2n) is 8.71. The normalized spacial score (nSPS) is 19.7. The number of carboxylic acids is 1. The molecule has 0 spiro atoms. The van der Waals surface area contributed by atoms with Crippen LogP contribution in [0.5, 0.6) is 5.75 Å². The average Bonchev–Trinajstić information content (AvgIpc) is 3.20. The lowest BCUT2D eigenvalue weighted by Crippen LogP contribution is -2.12. The van der Waals surface area contributed by atoms with E-state index >= 15 is 0 Å². The lowest BCUT2D eigenvalue weighted by Gasteiger charge is -2.19. The van der Waals surface area contributed by atoms with Gasteiger partial charge in [0, 0.05) is 6.42 Å². The molecule has 0 saturated heterocycles. The summed E-state index contributed by atoms with van der Waals surface area (Å²) in [4.78, 5) is 10.8. The summed E-state index contributed by atoms with van der Waals surface area (Å²) >= 11 is 0. The topological polar surface area (TPSA) is 46.5 Å². The predicted molar refractivity (Wildman–Crippen MR) is 113 cm³/mol. The number of alkyl halides is 3. The Bertz CT molecular complexity index is 955. The molecule has 2 aromatic rings. The molecule has 1 unspecified atom stereocenters. The molecule has 2 aromatic carbocycles. The van der Waals surface area contributed by atoms with Crippen molar-refractivity contribution in [2.24, 2.45) is 5.92 Å². The Morgan fingerprint density at radius 1 is 1.19 bits per heavy atom. The minimum atomic E-state index is -4.52. The highest BCUT2D eigenvalue weighted by Gasteiger charge is 2.35. The van der Waals surface area contributed by atoms with Gasteiger partial charge in [-0.05, 0) is 84.7 Å². The number of rotatable bonds is 8. The van der Waals surface area contributed by atoms with Gasteiger partial charge in [-0.1, -0.05) is 25.1 Å². The van der Waals surface area contributed by atoms with E-state index in [0.717, 1.165) is 31.2 Å². The van der Waals surface area contributed by atoms with Crippen molar-refractivity contribution >= 4 is 5.97 Å². The number of hydrogen-bond donors (Lipinski definition) is 1. The van der Waals surface area contributed by atoms with Crippen LogP contribution in [-0.4, -0.2) is 18.2 Å². The maximum atomic E-state index is 13.7. The first-order valence-corrected chi connectivity index (χ1v) is 10.8. The van der Waals surface area contributed by atoms with E-state index in [1.54, 1.807) is 18.2 Å². The molecule has 32 heavy (non-hydrogen) atoms. The summed E-state index contributed by atoms with van der Waals surface area (Å²) in [6, 6.07) is 9.21. The van der Waals surface area contributed by atoms with Gasteiger partial charge >= 0.3 is 12.1 Å². The van der Waals surface area contributed by atoms with E-state index in [9.17, 15) is 22.4 Å². The fourth-order valence-corrected chi connectivity index (χ4v) is 4.78. The molecule has 0 amide bonds. The van der Waals surface area contributed by atoms with Gasteiger partial charge in [0.05, 0.1) is 12.7 Å². The van der Waals surface area contributed by atoms with Crippen LogP contribution in [0.1, 0.15) is 73.1 Å². The molecular formula is C25H28F4O3. The SMILES string of the molecule is COc1cc([C@@H](C)CC2CC[C@H](c3ccc(CCC(=O)O)c(C(F)(F)F)c3)C2)ccc1F. The first kappa shape index (κ1) is 24.1. The van der Waals surface area contributed by atoms with Gasteiger partial charge in [-0.2, -0.15) is 13.2 Å². The van der Waals surface area contributed by atoms with Crippen LogP contribution >= 0.6 is 0 Å². The molecule has 1 N–H and O–H groups in total. The zero-order valence-electron chi connectivity index (χ0n) is 18.2. The Kier molecular flexibility index (Phi) is 7.47. The highest BCUT2D eigenvalue weighted by atomic mass is 19.4. The second kappa shape index (κ2) is 9.92. The zero-order chi connectivity index (χ0) is 23.5. The highest BCUT2D eigenvalue weighted by Crippen LogP contribution is 2.44. The Morgan fingerprint density at radius 3 is 2.59 bits per heavy atom. The fourth-order valence-electron chi connectivity index (χ4n) is 4.78. The van der Waals surface area contributed by atoms with Crippen molar-refractivity contribution in [1.29, 1.82) is 0 Å². The molecule has 1 fully saturated rings. The molecule has 0 heterocycles. The Morgan fingerprint density at radius 2 is 1.94 bits per heavy atom. The monoisotopic (exact) mass is 452 g/mol. The number of benzene rings is 2. The van der Waals surface area contributed by atoms with Crippen LogP contribution < -0.4 is 4.74 Å². The molecule has 3 nitrogen and oxygen atoms in total. The van der Waals surface area contributed by atoms with Crippen molar-refractivity contribution in [3.05, 3.63) is 64.5 Å². The lowest BCUT2D eigenvalue weighted by atomic mass is 9.87. The van der Waals surface area contributed by atoms with Crippen molar-refractivity contribution in [2.75, 3.05) is 7.11 Å². The maximum Gasteiger partial charge on any atom is 0.416 e. The largest absolute Gasteiger partial charge is 0.494 e. The molecule has 1 aliphatic rings. The highest BCUT2D eigenvalue weighted by molar-refractivity contribution is 5.67. The number of halogens is 4. The van der Waals surface area contributed by atoms with Crippen molar-refractivity contribution < 1.29 is 32.2 Å². The third kappa shape index (κ3) is 5.81. The van der Waals surface area contributed by atoms with Gasteiger partial charge in [0.2, 0.25) is 0 Å². The Hall–Kier alpha value is -2.57. The van der Waals surface area contributed by atoms with Crippen LogP contribution in [0.3, 0.4) is 0 Å². The number of aryl methyl sites for hydroxylation is 1. The molecule has 0 aliphatic heterocycles. The van der Waals surface area contributed by atoms with Crippen LogP contribution in [0.2, 0.25) is 0 Å². The minimum absolute atomic E-state index is 0.0251. The second-order valence-corrected chi connectivity index (χ2v) is 8.71. The van der Waals surface area contributed by atoms with E-state index < -0.39 is 23.5 Å². The third-order valence-electron chi connectivity index (χ3n) is 6.49. The number of hydrogen-bond acceptors (Lipinski definition) is 2. The lowest BCUT2D eigenvalue weighted by molar-refractivity contribution is -0.140. The molecule has 0 bridgehead atoms. The molecule has 1 saturated carbocycles. The molecule has 1 aliphatic carbocycles. The summed E-state index contributed by atoms with van der Waals surface area (Å²) in [5.41, 5.74) is 0.937. The number of carbonyl (C=O) groups is 1. The summed E-state index contributed by atoms with van der Waals surface area (Å²) < 4.78 is 59.5. The quantitative estimate of drug-likeness (QED) is 0.441. The first-order valence-electron chi connectivity index (χ1n) is 10.8. The van der Waals surface area contributed by atoms with Crippen molar-refractivity contribution in [1.82, 2.24) is 0 Å². The van der Waals surface area contributed by atoms with E-state index in [1.807, 2.05) is 0 Å². The maximum absolute atomic E-state index is 13.7. The van der Waals surface area contributed by atoms with E-state index in [-0.39, 0.29) is 36.0 Å². The van der Waals surface area contributed by atoms with Crippen LogP contribution in [0.15, 0.2) is 36.4 Å². The number of ether oxygens (including phenoxy) is 1. The Labute approximate surface area is 185 Å². The standard InChI is InChI=1S/C25H28F4O3/c1-15(18-7-9-22(26)23(14-18)32-2)11-16-3-4-19(12-16)20-6-5-17(8-10-24(30)31)21(13-20)25(27,28)29/h5-7,9,13-16,19H,3-4,8,10-12H2,1-2H3,(H,30,31)/t15-,16?,19-/m0/s1. The van der Waals surface area contributed by atoms with E-state index in [0.29, 0.717) is 11.5 Å². The zero-order valence-corrected chi connectivity index (χ0v) is 18.2. The van der Waals surface area contributed by atoms with Gasteiger partial charge in [0.25, 0.3) is 0 Å². The first-order chi connectivity index (χ1) is 15.1. The van der Waals surface area contributed by atoms with Crippen molar-refractivity contribution in [3.63, 3.8) is 0 Å². The third-order valence-corrected chi connectivity index (χ3v) is 6.49. The summed E-state index contributed by atoms with van der Waals surface area (Å²) in [5.74, 6) is -0.722. The predicted octanol–water partition coefficient (Wildman–Crippen LogP) is 6.95. The Balaban J connectivity index is 1.69. The van der Waals surface area contributed by atoms with Crippen LogP contribution in [0.4, 0.5) is 17.6 Å². The number of carboxylic acid groups (broad SMARTS) is 1. The van der Waals surface area contributed by atoms with Gasteiger partial charge in [-0.15, -0.1) is 0 Å². The fraction of sp³-hybridized carbons (Fsp3) is 0.480. The van der Waals surface area contributed by atoms with Crippen LogP contribution in [0, 0.1) is 11.7 Å². The molecular weight excluding hydrogens is 424 g/mol. The van der Waals surface area contributed by atoms with E-state index in [4.69, 9.17) is 9.84 Å². The van der Waals surface area contributed by atoms with Gasteiger partial charge in [-0.25, -0.2) is 4.39 Å². The molecule has 174 valence electrons. The van der Waals surface area contributed by atoms with Gasteiger partial charge in [-0.3, -0.25) is 4.79 Å². The number of aliphatic carboxylic acids is 1. The average molecular weight is 452 g/mol.